The van der Waals surface area contributed by atoms with Crippen molar-refractivity contribution in [3.8, 4) is 0 Å². The van der Waals surface area contributed by atoms with Crippen molar-refractivity contribution in [2.75, 3.05) is 6.61 Å². The minimum atomic E-state index is -0.969. The van der Waals surface area contributed by atoms with Gasteiger partial charge in [0.1, 0.15) is 6.04 Å². The fourth-order valence-electron chi connectivity index (χ4n) is 2.92. The Hall–Kier alpha value is -0.843. The summed E-state index contributed by atoms with van der Waals surface area (Å²) in [5.74, 6) is -0.297. The lowest BCUT2D eigenvalue weighted by Crippen LogP contribution is -2.37. The van der Waals surface area contributed by atoms with Crippen LogP contribution in [0, 0.1) is 0 Å². The summed E-state index contributed by atoms with van der Waals surface area (Å²) in [5, 5.41) is 2.76. The van der Waals surface area contributed by atoms with Gasteiger partial charge in [0, 0.05) is 20.9 Å². The highest BCUT2D eigenvalue weighted by molar-refractivity contribution is 6.77. The number of ether oxygens (including phenoxy) is 1. The fourth-order valence-corrected chi connectivity index (χ4v) is 5.68. The van der Waals surface area contributed by atoms with Crippen molar-refractivity contribution in [2.24, 2.45) is 0 Å². The van der Waals surface area contributed by atoms with Gasteiger partial charge in [-0.15, -0.1) is 0 Å². The van der Waals surface area contributed by atoms with E-state index in [1.54, 1.807) is 0 Å². The SMILES string of the molecule is CCCC[Si](C)(C)CCCCCCC(=O)NC1CCOC1=O. The van der Waals surface area contributed by atoms with Gasteiger partial charge in [-0.05, 0) is 6.42 Å². The smallest absolute Gasteiger partial charge is 0.328 e. The molecule has 4 nitrogen and oxygen atoms in total. The molecule has 5 heteroatoms. The Morgan fingerprint density at radius 3 is 2.50 bits per heavy atom. The van der Waals surface area contributed by atoms with E-state index in [0.717, 1.165) is 12.8 Å². The molecule has 0 bridgehead atoms. The summed E-state index contributed by atoms with van der Waals surface area (Å²) in [6.07, 6.45) is 8.39. The molecular formula is C17H33NO3Si. The Bertz CT molecular complexity index is 358. The van der Waals surface area contributed by atoms with Crippen LogP contribution in [-0.2, 0) is 14.3 Å². The van der Waals surface area contributed by atoms with Crippen LogP contribution in [0.5, 0.6) is 0 Å². The van der Waals surface area contributed by atoms with Crippen molar-refractivity contribution in [1.29, 1.82) is 0 Å². The van der Waals surface area contributed by atoms with E-state index in [1.807, 2.05) is 0 Å². The van der Waals surface area contributed by atoms with Gasteiger partial charge < -0.3 is 10.1 Å². The minimum absolute atomic E-state index is 0.0125. The van der Waals surface area contributed by atoms with E-state index >= 15 is 0 Å². The van der Waals surface area contributed by atoms with Crippen LogP contribution in [0.4, 0.5) is 0 Å². The first-order chi connectivity index (χ1) is 10.4. The fraction of sp³-hybridized carbons (Fsp3) is 0.882. The zero-order valence-corrected chi connectivity index (χ0v) is 15.6. The number of carbonyl (C=O) groups is 2. The number of amides is 1. The van der Waals surface area contributed by atoms with Crippen molar-refractivity contribution in [3.63, 3.8) is 0 Å². The Morgan fingerprint density at radius 2 is 1.86 bits per heavy atom. The minimum Gasteiger partial charge on any atom is -0.464 e. The molecule has 1 aliphatic heterocycles. The monoisotopic (exact) mass is 327 g/mol. The van der Waals surface area contributed by atoms with Crippen LogP contribution in [0.3, 0.4) is 0 Å². The van der Waals surface area contributed by atoms with Gasteiger partial charge in [-0.3, -0.25) is 4.79 Å². The van der Waals surface area contributed by atoms with Crippen molar-refractivity contribution >= 4 is 20.0 Å². The Morgan fingerprint density at radius 1 is 1.18 bits per heavy atom. The maximum absolute atomic E-state index is 11.7. The molecule has 128 valence electrons. The second-order valence-corrected chi connectivity index (χ2v) is 12.6. The molecule has 1 rings (SSSR count). The third kappa shape index (κ3) is 7.97. The summed E-state index contributed by atoms with van der Waals surface area (Å²) in [7, 11) is -0.969. The molecule has 0 aliphatic carbocycles. The summed E-state index contributed by atoms with van der Waals surface area (Å²) < 4.78 is 4.83. The van der Waals surface area contributed by atoms with E-state index in [2.05, 4.69) is 25.3 Å². The normalized spacial score (nSPS) is 18.3. The second kappa shape index (κ2) is 10.0. The first-order valence-corrected chi connectivity index (χ1v) is 12.3. The van der Waals surface area contributed by atoms with E-state index in [4.69, 9.17) is 4.74 Å². The number of unbranched alkanes of at least 4 members (excludes halogenated alkanes) is 4. The number of cyclic esters (lactones) is 1. The van der Waals surface area contributed by atoms with Crippen LogP contribution in [-0.4, -0.2) is 32.6 Å². The number of esters is 1. The third-order valence-corrected chi connectivity index (χ3v) is 7.90. The maximum Gasteiger partial charge on any atom is 0.328 e. The summed E-state index contributed by atoms with van der Waals surface area (Å²) in [6, 6.07) is 2.45. The zero-order valence-electron chi connectivity index (χ0n) is 14.6. The first kappa shape index (κ1) is 19.2. The molecule has 1 fully saturated rings. The molecule has 0 aromatic heterocycles. The molecule has 0 aromatic carbocycles. The number of carbonyl (C=O) groups excluding carboxylic acids is 2. The third-order valence-electron chi connectivity index (χ3n) is 4.49. The van der Waals surface area contributed by atoms with E-state index in [-0.39, 0.29) is 11.9 Å². The lowest BCUT2D eigenvalue weighted by molar-refractivity contribution is -0.141. The number of hydrogen-bond acceptors (Lipinski definition) is 3. The Balaban J connectivity index is 2.00. The van der Waals surface area contributed by atoms with Gasteiger partial charge in [0.2, 0.25) is 5.91 Å². The quantitative estimate of drug-likeness (QED) is 0.356. The molecule has 0 aromatic rings. The summed E-state index contributed by atoms with van der Waals surface area (Å²) >= 11 is 0. The molecule has 1 atom stereocenters. The van der Waals surface area contributed by atoms with Crippen LogP contribution in [0.1, 0.15) is 58.3 Å². The molecule has 1 aliphatic rings. The van der Waals surface area contributed by atoms with Gasteiger partial charge in [0.05, 0.1) is 6.61 Å². The standard InChI is InChI=1S/C17H33NO3Si/c1-4-5-13-22(2,3)14-9-7-6-8-10-16(19)18-15-11-12-21-17(15)20/h15H,4-14H2,1-3H3,(H,18,19). The highest BCUT2D eigenvalue weighted by Crippen LogP contribution is 2.22. The van der Waals surface area contributed by atoms with Crippen LogP contribution in [0.25, 0.3) is 0 Å². The first-order valence-electron chi connectivity index (χ1n) is 8.90. The molecule has 1 saturated heterocycles. The molecule has 0 radical (unpaired) electrons. The van der Waals surface area contributed by atoms with E-state index in [9.17, 15) is 9.59 Å². The van der Waals surface area contributed by atoms with Gasteiger partial charge in [-0.1, -0.05) is 64.2 Å². The van der Waals surface area contributed by atoms with Crippen LogP contribution in [0.15, 0.2) is 0 Å². The van der Waals surface area contributed by atoms with Crippen molar-refractivity contribution in [1.82, 2.24) is 5.32 Å². The van der Waals surface area contributed by atoms with Gasteiger partial charge in [0.15, 0.2) is 0 Å². The van der Waals surface area contributed by atoms with Crippen molar-refractivity contribution in [2.45, 2.75) is 89.5 Å². The summed E-state index contributed by atoms with van der Waals surface area (Å²) in [6.45, 7) is 7.69. The Labute approximate surface area is 136 Å². The van der Waals surface area contributed by atoms with Crippen LogP contribution in [0.2, 0.25) is 25.2 Å². The van der Waals surface area contributed by atoms with Crippen LogP contribution >= 0.6 is 0 Å². The van der Waals surface area contributed by atoms with E-state index < -0.39 is 14.1 Å². The van der Waals surface area contributed by atoms with E-state index in [0.29, 0.717) is 19.4 Å². The van der Waals surface area contributed by atoms with Crippen molar-refractivity contribution < 1.29 is 14.3 Å². The topological polar surface area (TPSA) is 55.4 Å². The molecule has 1 unspecified atom stereocenters. The highest BCUT2D eigenvalue weighted by atomic mass is 28.3. The van der Waals surface area contributed by atoms with Gasteiger partial charge in [-0.25, -0.2) is 4.79 Å². The number of nitrogens with one attached hydrogen (secondary N) is 1. The van der Waals surface area contributed by atoms with Gasteiger partial charge in [0.25, 0.3) is 0 Å². The molecular weight excluding hydrogens is 294 g/mol. The van der Waals surface area contributed by atoms with Gasteiger partial charge >= 0.3 is 5.97 Å². The molecule has 1 amide bonds. The number of hydrogen-bond donors (Lipinski definition) is 1. The molecule has 1 N–H and O–H groups in total. The maximum atomic E-state index is 11.7. The lowest BCUT2D eigenvalue weighted by Gasteiger charge is -2.21. The van der Waals surface area contributed by atoms with Crippen molar-refractivity contribution in [3.05, 3.63) is 0 Å². The lowest BCUT2D eigenvalue weighted by atomic mass is 10.1. The summed E-state index contributed by atoms with van der Waals surface area (Å²) in [5.41, 5.74) is 0. The van der Waals surface area contributed by atoms with Gasteiger partial charge in [-0.2, -0.15) is 0 Å². The molecule has 0 spiro atoms. The largest absolute Gasteiger partial charge is 0.464 e. The average molecular weight is 328 g/mol. The van der Waals surface area contributed by atoms with E-state index in [1.165, 1.54) is 37.8 Å². The molecule has 22 heavy (non-hydrogen) atoms. The summed E-state index contributed by atoms with van der Waals surface area (Å²) in [4.78, 5) is 23.0. The second-order valence-electron chi connectivity index (χ2n) is 7.26. The number of rotatable bonds is 11. The van der Waals surface area contributed by atoms with Crippen LogP contribution < -0.4 is 5.32 Å². The molecule has 1 heterocycles. The average Bonchev–Trinajstić information content (AvgIpc) is 2.86. The highest BCUT2D eigenvalue weighted by Gasteiger charge is 2.27. The molecule has 0 saturated carbocycles. The zero-order chi connectivity index (χ0) is 16.4. The predicted octanol–water partition coefficient (Wildman–Crippen LogP) is 3.88. The predicted molar refractivity (Wildman–Crippen MR) is 92.6 cm³/mol. The Kier molecular flexibility index (Phi) is 8.76.